The van der Waals surface area contributed by atoms with Crippen molar-refractivity contribution in [2.75, 3.05) is 26.3 Å². The number of nitrogens with zero attached hydrogens (tertiary/aromatic N) is 1. The molecule has 0 aromatic rings. The molecule has 1 heterocycles. The highest BCUT2D eigenvalue weighted by Crippen LogP contribution is 2.35. The quantitative estimate of drug-likeness (QED) is 0.848. The van der Waals surface area contributed by atoms with E-state index in [0.29, 0.717) is 24.7 Å². The van der Waals surface area contributed by atoms with Crippen molar-refractivity contribution in [3.05, 3.63) is 0 Å². The minimum Gasteiger partial charge on any atom is -0.378 e. The summed E-state index contributed by atoms with van der Waals surface area (Å²) in [6, 6.07) is 0.442. The lowest BCUT2D eigenvalue weighted by Gasteiger charge is -2.37. The molecule has 0 radical (unpaired) electrons. The molecule has 1 atom stereocenters. The number of amides is 1. The SMILES string of the molecule is CC(NC1CCC(C)(C)CC1)C(=O)N1CCOCC1. The van der Waals surface area contributed by atoms with Crippen LogP contribution in [-0.4, -0.2) is 49.2 Å². The average molecular weight is 268 g/mol. The van der Waals surface area contributed by atoms with E-state index in [-0.39, 0.29) is 11.9 Å². The van der Waals surface area contributed by atoms with Crippen LogP contribution in [0.5, 0.6) is 0 Å². The van der Waals surface area contributed by atoms with E-state index in [9.17, 15) is 4.79 Å². The summed E-state index contributed by atoms with van der Waals surface area (Å²) < 4.78 is 5.29. The molecule has 1 saturated heterocycles. The Bertz CT molecular complexity index is 301. The molecule has 0 aromatic heterocycles. The standard InChI is InChI=1S/C15H28N2O2/c1-12(14(18)17-8-10-19-11-9-17)16-13-4-6-15(2,3)7-5-13/h12-13,16H,4-11H2,1-3H3. The van der Waals surface area contributed by atoms with Crippen molar-refractivity contribution in [1.82, 2.24) is 10.2 Å². The lowest BCUT2D eigenvalue weighted by molar-refractivity contribution is -0.137. The first-order chi connectivity index (χ1) is 8.98. The first kappa shape index (κ1) is 14.8. The Kier molecular flexibility index (Phi) is 4.85. The van der Waals surface area contributed by atoms with Crippen LogP contribution in [0.2, 0.25) is 0 Å². The second-order valence-corrected chi connectivity index (χ2v) is 6.76. The van der Waals surface area contributed by atoms with E-state index < -0.39 is 0 Å². The number of hydrogen-bond acceptors (Lipinski definition) is 3. The minimum atomic E-state index is -0.0655. The summed E-state index contributed by atoms with van der Waals surface area (Å²) >= 11 is 0. The number of ether oxygens (including phenoxy) is 1. The number of carbonyl (C=O) groups excluding carboxylic acids is 1. The Hall–Kier alpha value is -0.610. The molecular formula is C15H28N2O2. The van der Waals surface area contributed by atoms with Gasteiger partial charge in [0.1, 0.15) is 0 Å². The highest BCUT2D eigenvalue weighted by molar-refractivity contribution is 5.81. The smallest absolute Gasteiger partial charge is 0.239 e. The lowest BCUT2D eigenvalue weighted by atomic mass is 9.75. The molecule has 0 bridgehead atoms. The van der Waals surface area contributed by atoms with Gasteiger partial charge in [0, 0.05) is 19.1 Å². The van der Waals surface area contributed by atoms with Crippen LogP contribution in [0.1, 0.15) is 46.5 Å². The van der Waals surface area contributed by atoms with Gasteiger partial charge in [0.2, 0.25) is 5.91 Å². The minimum absolute atomic E-state index is 0.0655. The first-order valence-electron chi connectivity index (χ1n) is 7.60. The maximum Gasteiger partial charge on any atom is 0.239 e. The molecule has 1 amide bonds. The fraction of sp³-hybridized carbons (Fsp3) is 0.933. The van der Waals surface area contributed by atoms with Gasteiger partial charge in [-0.05, 0) is 38.0 Å². The number of morpholine rings is 1. The fourth-order valence-corrected chi connectivity index (χ4v) is 3.05. The van der Waals surface area contributed by atoms with Crippen LogP contribution < -0.4 is 5.32 Å². The van der Waals surface area contributed by atoms with Crippen molar-refractivity contribution in [2.24, 2.45) is 5.41 Å². The average Bonchev–Trinajstić information content (AvgIpc) is 2.41. The molecule has 2 aliphatic rings. The van der Waals surface area contributed by atoms with Crippen LogP contribution in [0, 0.1) is 5.41 Å². The van der Waals surface area contributed by atoms with Crippen LogP contribution >= 0.6 is 0 Å². The lowest BCUT2D eigenvalue weighted by Crippen LogP contribution is -2.52. The van der Waals surface area contributed by atoms with Crippen molar-refractivity contribution >= 4 is 5.91 Å². The van der Waals surface area contributed by atoms with Gasteiger partial charge in [-0.25, -0.2) is 0 Å². The second-order valence-electron chi connectivity index (χ2n) is 6.76. The van der Waals surface area contributed by atoms with Gasteiger partial charge in [0.05, 0.1) is 19.3 Å². The topological polar surface area (TPSA) is 41.6 Å². The zero-order chi connectivity index (χ0) is 13.9. The molecular weight excluding hydrogens is 240 g/mol. The van der Waals surface area contributed by atoms with Crippen molar-refractivity contribution in [3.8, 4) is 0 Å². The molecule has 19 heavy (non-hydrogen) atoms. The molecule has 1 saturated carbocycles. The largest absolute Gasteiger partial charge is 0.378 e. The zero-order valence-electron chi connectivity index (χ0n) is 12.6. The molecule has 4 heteroatoms. The van der Waals surface area contributed by atoms with Crippen LogP contribution in [0.4, 0.5) is 0 Å². The van der Waals surface area contributed by atoms with Gasteiger partial charge in [-0.3, -0.25) is 4.79 Å². The summed E-state index contributed by atoms with van der Waals surface area (Å²) in [6.07, 6.45) is 4.88. The molecule has 2 fully saturated rings. The summed E-state index contributed by atoms with van der Waals surface area (Å²) in [5.74, 6) is 0.230. The molecule has 0 aromatic carbocycles. The third kappa shape index (κ3) is 4.18. The summed E-state index contributed by atoms with van der Waals surface area (Å²) in [5, 5.41) is 3.52. The molecule has 1 aliphatic carbocycles. The van der Waals surface area contributed by atoms with Gasteiger partial charge in [0.25, 0.3) is 0 Å². The summed E-state index contributed by atoms with van der Waals surface area (Å²) in [5.41, 5.74) is 0.482. The van der Waals surface area contributed by atoms with E-state index in [0.717, 1.165) is 13.1 Å². The Balaban J connectivity index is 1.77. The van der Waals surface area contributed by atoms with Gasteiger partial charge < -0.3 is 15.0 Å². The monoisotopic (exact) mass is 268 g/mol. The molecule has 1 aliphatic heterocycles. The summed E-state index contributed by atoms with van der Waals surface area (Å²) in [6.45, 7) is 9.51. The van der Waals surface area contributed by atoms with E-state index in [1.54, 1.807) is 0 Å². The Morgan fingerprint density at radius 3 is 2.42 bits per heavy atom. The number of nitrogens with one attached hydrogen (secondary N) is 1. The summed E-state index contributed by atoms with van der Waals surface area (Å²) in [4.78, 5) is 14.2. The van der Waals surface area contributed by atoms with Gasteiger partial charge in [-0.2, -0.15) is 0 Å². The predicted molar refractivity (Wildman–Crippen MR) is 76.0 cm³/mol. The predicted octanol–water partition coefficient (Wildman–Crippen LogP) is 1.79. The van der Waals surface area contributed by atoms with E-state index in [1.165, 1.54) is 25.7 Å². The maximum atomic E-state index is 12.3. The van der Waals surface area contributed by atoms with Crippen molar-refractivity contribution in [1.29, 1.82) is 0 Å². The third-order valence-electron chi connectivity index (χ3n) is 4.52. The van der Waals surface area contributed by atoms with E-state index in [4.69, 9.17) is 4.74 Å². The second kappa shape index (κ2) is 6.23. The highest BCUT2D eigenvalue weighted by atomic mass is 16.5. The summed E-state index contributed by atoms with van der Waals surface area (Å²) in [7, 11) is 0. The van der Waals surface area contributed by atoms with Crippen LogP contribution in [0.25, 0.3) is 0 Å². The molecule has 0 spiro atoms. The highest BCUT2D eigenvalue weighted by Gasteiger charge is 2.29. The first-order valence-corrected chi connectivity index (χ1v) is 7.60. The maximum absolute atomic E-state index is 12.3. The van der Waals surface area contributed by atoms with Crippen molar-refractivity contribution in [2.45, 2.75) is 58.5 Å². The van der Waals surface area contributed by atoms with Gasteiger partial charge in [0.15, 0.2) is 0 Å². The fourth-order valence-electron chi connectivity index (χ4n) is 3.05. The molecule has 4 nitrogen and oxygen atoms in total. The number of hydrogen-bond donors (Lipinski definition) is 1. The number of rotatable bonds is 3. The van der Waals surface area contributed by atoms with Gasteiger partial charge in [-0.15, -0.1) is 0 Å². The molecule has 2 rings (SSSR count). The third-order valence-corrected chi connectivity index (χ3v) is 4.52. The molecule has 1 N–H and O–H groups in total. The van der Waals surface area contributed by atoms with Gasteiger partial charge in [-0.1, -0.05) is 13.8 Å². The van der Waals surface area contributed by atoms with Crippen LogP contribution in [0.15, 0.2) is 0 Å². The van der Waals surface area contributed by atoms with Crippen LogP contribution in [0.3, 0.4) is 0 Å². The van der Waals surface area contributed by atoms with E-state index in [1.807, 2.05) is 11.8 Å². The zero-order valence-corrected chi connectivity index (χ0v) is 12.6. The number of carbonyl (C=O) groups is 1. The Morgan fingerprint density at radius 2 is 1.84 bits per heavy atom. The molecule has 1 unspecified atom stereocenters. The van der Waals surface area contributed by atoms with Crippen molar-refractivity contribution < 1.29 is 9.53 Å². The van der Waals surface area contributed by atoms with E-state index in [2.05, 4.69) is 19.2 Å². The van der Waals surface area contributed by atoms with Gasteiger partial charge >= 0.3 is 0 Å². The molecule has 110 valence electrons. The van der Waals surface area contributed by atoms with Crippen molar-refractivity contribution in [3.63, 3.8) is 0 Å². The normalized spacial score (nSPS) is 26.2. The van der Waals surface area contributed by atoms with E-state index >= 15 is 0 Å². The Morgan fingerprint density at radius 1 is 1.26 bits per heavy atom. The Labute approximate surface area is 116 Å². The van der Waals surface area contributed by atoms with Crippen LogP contribution in [-0.2, 0) is 9.53 Å².